The molecule has 1 atom stereocenters. The summed E-state index contributed by atoms with van der Waals surface area (Å²) >= 11 is 0. The predicted octanol–water partition coefficient (Wildman–Crippen LogP) is 2.80. The highest BCUT2D eigenvalue weighted by molar-refractivity contribution is 7.90. The van der Waals surface area contributed by atoms with Crippen molar-refractivity contribution in [2.75, 3.05) is 11.6 Å². The molecule has 1 unspecified atom stereocenters. The summed E-state index contributed by atoms with van der Waals surface area (Å²) < 4.78 is 23.3. The first-order chi connectivity index (χ1) is 10.5. The first-order valence-corrected chi connectivity index (χ1v) is 9.32. The van der Waals surface area contributed by atoms with E-state index in [0.717, 1.165) is 18.7 Å². The number of hydrogen-bond acceptors (Lipinski definition) is 4. The molecule has 1 rings (SSSR count). The monoisotopic (exact) mass is 341 g/mol. The highest BCUT2D eigenvalue weighted by atomic mass is 32.2. The number of anilines is 1. The van der Waals surface area contributed by atoms with Gasteiger partial charge >= 0.3 is 5.97 Å². The van der Waals surface area contributed by atoms with E-state index in [1.165, 1.54) is 12.1 Å². The minimum absolute atomic E-state index is 0.136. The third-order valence-electron chi connectivity index (χ3n) is 3.78. The lowest BCUT2D eigenvalue weighted by atomic mass is 9.90. The van der Waals surface area contributed by atoms with Gasteiger partial charge in [-0.3, -0.25) is 4.79 Å². The van der Waals surface area contributed by atoms with Crippen LogP contribution in [0, 0.1) is 11.8 Å². The number of carbonyl (C=O) groups excluding carboxylic acids is 1. The summed E-state index contributed by atoms with van der Waals surface area (Å²) in [5.41, 5.74) is -0.00643. The van der Waals surface area contributed by atoms with Crippen molar-refractivity contribution in [3.8, 4) is 0 Å². The van der Waals surface area contributed by atoms with Gasteiger partial charge < -0.3 is 10.4 Å². The minimum atomic E-state index is -3.57. The summed E-state index contributed by atoms with van der Waals surface area (Å²) in [6, 6.07) is 3.61. The first-order valence-electron chi connectivity index (χ1n) is 7.42. The van der Waals surface area contributed by atoms with E-state index in [0.29, 0.717) is 12.3 Å². The fourth-order valence-corrected chi connectivity index (χ4v) is 2.99. The molecule has 7 heteroatoms. The Morgan fingerprint density at radius 1 is 1.22 bits per heavy atom. The first kappa shape index (κ1) is 19.2. The summed E-state index contributed by atoms with van der Waals surface area (Å²) in [7, 11) is -3.57. The number of hydrogen-bond donors (Lipinski definition) is 2. The molecule has 6 nitrogen and oxygen atoms in total. The Morgan fingerprint density at radius 2 is 1.83 bits per heavy atom. The van der Waals surface area contributed by atoms with E-state index in [1.54, 1.807) is 0 Å². The van der Waals surface area contributed by atoms with Gasteiger partial charge in [-0.25, -0.2) is 13.2 Å². The summed E-state index contributed by atoms with van der Waals surface area (Å²) in [5, 5.41) is 11.7. The van der Waals surface area contributed by atoms with Crippen molar-refractivity contribution in [2.45, 2.75) is 38.5 Å². The molecule has 0 spiro atoms. The number of carbonyl (C=O) groups is 2. The lowest BCUT2D eigenvalue weighted by molar-refractivity contribution is -0.117. The van der Waals surface area contributed by atoms with Crippen LogP contribution < -0.4 is 5.32 Å². The molecule has 0 bridgehead atoms. The van der Waals surface area contributed by atoms with E-state index < -0.39 is 15.8 Å². The molecule has 1 aromatic carbocycles. The second kappa shape index (κ2) is 7.59. The van der Waals surface area contributed by atoms with Gasteiger partial charge in [0.1, 0.15) is 0 Å². The van der Waals surface area contributed by atoms with Crippen molar-refractivity contribution in [3.63, 3.8) is 0 Å². The molecule has 0 radical (unpaired) electrons. The van der Waals surface area contributed by atoms with Crippen LogP contribution in [0.15, 0.2) is 23.1 Å². The maximum absolute atomic E-state index is 12.1. The number of sulfone groups is 1. The minimum Gasteiger partial charge on any atom is -0.478 e. The lowest BCUT2D eigenvalue weighted by Crippen LogP contribution is -2.19. The van der Waals surface area contributed by atoms with Crippen molar-refractivity contribution in [1.29, 1.82) is 0 Å². The molecule has 0 heterocycles. The average molecular weight is 341 g/mol. The fourth-order valence-electron chi connectivity index (χ4n) is 2.31. The number of nitrogens with one attached hydrogen (secondary N) is 1. The molecule has 0 aliphatic heterocycles. The standard InChI is InChI=1S/C16H23NO5S/c1-5-11(10(2)3)8-15(18)17-13-6-12(16(19)20)7-14(9-13)23(4,21)22/h6-7,9-11H,5,8H2,1-4H3,(H,17,18)(H,19,20). The van der Waals surface area contributed by atoms with Crippen molar-refractivity contribution in [1.82, 2.24) is 0 Å². The van der Waals surface area contributed by atoms with E-state index in [4.69, 9.17) is 5.11 Å². The summed E-state index contributed by atoms with van der Waals surface area (Å²) in [6.45, 7) is 6.08. The molecule has 0 aromatic heterocycles. The van der Waals surface area contributed by atoms with E-state index in [9.17, 15) is 18.0 Å². The van der Waals surface area contributed by atoms with Gasteiger partial charge in [-0.15, -0.1) is 0 Å². The van der Waals surface area contributed by atoms with Gasteiger partial charge in [-0.05, 0) is 30.0 Å². The molecular weight excluding hydrogens is 318 g/mol. The van der Waals surface area contributed by atoms with Crippen molar-refractivity contribution in [3.05, 3.63) is 23.8 Å². The van der Waals surface area contributed by atoms with Crippen molar-refractivity contribution < 1.29 is 23.1 Å². The summed E-state index contributed by atoms with van der Waals surface area (Å²) in [6.07, 6.45) is 2.15. The maximum Gasteiger partial charge on any atom is 0.335 e. The molecule has 2 N–H and O–H groups in total. The van der Waals surface area contributed by atoms with Gasteiger partial charge in [-0.1, -0.05) is 27.2 Å². The molecule has 128 valence electrons. The van der Waals surface area contributed by atoms with Crippen LogP contribution in [0.5, 0.6) is 0 Å². The average Bonchev–Trinajstić information content (AvgIpc) is 2.43. The molecule has 0 saturated carbocycles. The quantitative estimate of drug-likeness (QED) is 0.794. The second-order valence-corrected chi connectivity index (χ2v) is 8.00. The topological polar surface area (TPSA) is 101 Å². The van der Waals surface area contributed by atoms with Crippen molar-refractivity contribution >= 4 is 27.4 Å². The number of carboxylic acids is 1. The number of aromatic carboxylic acids is 1. The highest BCUT2D eigenvalue weighted by Crippen LogP contribution is 2.22. The predicted molar refractivity (Wildman–Crippen MR) is 88.4 cm³/mol. The largest absolute Gasteiger partial charge is 0.478 e. The highest BCUT2D eigenvalue weighted by Gasteiger charge is 2.18. The van der Waals surface area contributed by atoms with Crippen LogP contribution in [0.4, 0.5) is 5.69 Å². The van der Waals surface area contributed by atoms with Gasteiger partial charge in [0, 0.05) is 18.4 Å². The molecule has 0 saturated heterocycles. The molecule has 1 amide bonds. The Morgan fingerprint density at radius 3 is 2.26 bits per heavy atom. The number of carboxylic acid groups (broad SMARTS) is 1. The third kappa shape index (κ3) is 5.67. The Kier molecular flexibility index (Phi) is 6.32. The molecule has 0 fully saturated rings. The number of benzene rings is 1. The van der Waals surface area contributed by atoms with Crippen LogP contribution in [0.2, 0.25) is 0 Å². The lowest BCUT2D eigenvalue weighted by Gasteiger charge is -2.18. The zero-order valence-electron chi connectivity index (χ0n) is 13.8. The SMILES string of the molecule is CCC(CC(=O)Nc1cc(C(=O)O)cc(S(C)(=O)=O)c1)C(C)C. The van der Waals surface area contributed by atoms with Gasteiger partial charge in [0.25, 0.3) is 0 Å². The Labute approximate surface area is 136 Å². The fraction of sp³-hybridized carbons (Fsp3) is 0.500. The van der Waals surface area contributed by atoms with Crippen LogP contribution in [0.1, 0.15) is 44.0 Å². The number of amides is 1. The summed E-state index contributed by atoms with van der Waals surface area (Å²) in [5.74, 6) is -0.943. The Bertz CT molecular complexity index is 694. The van der Waals surface area contributed by atoms with Crippen LogP contribution in [-0.2, 0) is 14.6 Å². The smallest absolute Gasteiger partial charge is 0.335 e. The maximum atomic E-state index is 12.1. The molecule has 0 aliphatic rings. The molecule has 1 aromatic rings. The van der Waals surface area contributed by atoms with Gasteiger partial charge in [0.05, 0.1) is 10.5 Å². The van der Waals surface area contributed by atoms with E-state index >= 15 is 0 Å². The van der Waals surface area contributed by atoms with Gasteiger partial charge in [0.2, 0.25) is 5.91 Å². The molecule has 23 heavy (non-hydrogen) atoms. The van der Waals surface area contributed by atoms with Crippen LogP contribution in [0.3, 0.4) is 0 Å². The molecule has 0 aliphatic carbocycles. The van der Waals surface area contributed by atoms with Crippen LogP contribution in [0.25, 0.3) is 0 Å². The number of rotatable bonds is 7. The normalized spacial score (nSPS) is 12.9. The van der Waals surface area contributed by atoms with Crippen LogP contribution >= 0.6 is 0 Å². The van der Waals surface area contributed by atoms with E-state index in [2.05, 4.69) is 5.32 Å². The van der Waals surface area contributed by atoms with Crippen molar-refractivity contribution in [2.24, 2.45) is 11.8 Å². The van der Waals surface area contributed by atoms with Crippen LogP contribution in [-0.4, -0.2) is 31.7 Å². The van der Waals surface area contributed by atoms with E-state index in [-0.39, 0.29) is 28.0 Å². The van der Waals surface area contributed by atoms with E-state index in [1.807, 2.05) is 20.8 Å². The van der Waals surface area contributed by atoms with Gasteiger partial charge in [-0.2, -0.15) is 0 Å². The Balaban J connectivity index is 3.06. The summed E-state index contributed by atoms with van der Waals surface area (Å²) in [4.78, 5) is 23.1. The molecular formula is C16H23NO5S. The van der Waals surface area contributed by atoms with Gasteiger partial charge in [0.15, 0.2) is 9.84 Å². The second-order valence-electron chi connectivity index (χ2n) is 5.99. The Hall–Kier alpha value is -1.89. The zero-order chi connectivity index (χ0) is 17.8. The zero-order valence-corrected chi connectivity index (χ0v) is 14.6. The third-order valence-corrected chi connectivity index (χ3v) is 4.87.